The van der Waals surface area contributed by atoms with E-state index in [0.717, 1.165) is 6.26 Å². The smallest absolute Gasteiger partial charge is 0.270 e. The van der Waals surface area contributed by atoms with Crippen LogP contribution in [0.25, 0.3) is 0 Å². The number of nitrogens with zero attached hydrogens (tertiary/aromatic N) is 1. The number of hydrogen-bond acceptors (Lipinski definition) is 6. The van der Waals surface area contributed by atoms with Crippen LogP contribution >= 0.6 is 11.3 Å². The lowest BCUT2D eigenvalue weighted by Gasteiger charge is -2.04. The van der Waals surface area contributed by atoms with E-state index in [4.69, 9.17) is 5.73 Å². The Morgan fingerprint density at radius 1 is 1.53 bits per heavy atom. The third kappa shape index (κ3) is 6.10. The number of thiazole rings is 1. The van der Waals surface area contributed by atoms with E-state index in [1.165, 1.54) is 11.3 Å². The zero-order valence-corrected chi connectivity index (χ0v) is 12.5. The van der Waals surface area contributed by atoms with Crippen molar-refractivity contribution in [2.45, 2.75) is 19.4 Å². The molecule has 0 bridgehead atoms. The Balaban J connectivity index is 2.31. The third-order valence-corrected chi connectivity index (χ3v) is 3.92. The highest BCUT2D eigenvalue weighted by Gasteiger charge is 2.12. The largest absolute Gasteiger partial charge is 0.351 e. The summed E-state index contributed by atoms with van der Waals surface area (Å²) in [5.74, 6) is -0.275. The minimum atomic E-state index is -3.17. The van der Waals surface area contributed by atoms with Gasteiger partial charge in [0.15, 0.2) is 0 Å². The van der Waals surface area contributed by atoms with Gasteiger partial charge in [0, 0.05) is 18.5 Å². The second-order valence-corrected chi connectivity index (χ2v) is 6.86. The highest BCUT2D eigenvalue weighted by Crippen LogP contribution is 2.15. The molecule has 1 rings (SSSR count). The number of hydrogen-bond donors (Lipinski definition) is 3. The summed E-state index contributed by atoms with van der Waals surface area (Å²) in [5, 5.41) is 5.03. The summed E-state index contributed by atoms with van der Waals surface area (Å²) < 4.78 is 23.9. The number of carbonyl (C=O) groups is 1. The molecule has 1 heterocycles. The van der Waals surface area contributed by atoms with Gasteiger partial charge < -0.3 is 11.1 Å². The van der Waals surface area contributed by atoms with E-state index >= 15 is 0 Å². The summed E-state index contributed by atoms with van der Waals surface area (Å²) in [6.45, 7) is 2.48. The molecular weight excluding hydrogens is 288 g/mol. The molecule has 19 heavy (non-hydrogen) atoms. The Morgan fingerprint density at radius 2 is 2.21 bits per heavy atom. The van der Waals surface area contributed by atoms with Crippen molar-refractivity contribution in [3.8, 4) is 0 Å². The molecule has 1 unspecified atom stereocenters. The number of carbonyl (C=O) groups excluding carboxylic acids is 1. The monoisotopic (exact) mass is 306 g/mol. The Morgan fingerprint density at radius 3 is 2.74 bits per heavy atom. The van der Waals surface area contributed by atoms with Crippen LogP contribution in [0.2, 0.25) is 0 Å². The summed E-state index contributed by atoms with van der Waals surface area (Å²) >= 11 is 1.34. The lowest BCUT2D eigenvalue weighted by molar-refractivity contribution is 0.0949. The molecule has 0 aromatic carbocycles. The molecule has 108 valence electrons. The van der Waals surface area contributed by atoms with Crippen LogP contribution in [-0.2, 0) is 10.0 Å². The first-order chi connectivity index (χ1) is 8.79. The summed E-state index contributed by atoms with van der Waals surface area (Å²) in [5.41, 5.74) is 6.00. The maximum atomic E-state index is 11.7. The molecule has 0 aliphatic heterocycles. The van der Waals surface area contributed by atoms with Gasteiger partial charge >= 0.3 is 0 Å². The predicted molar refractivity (Wildman–Crippen MR) is 74.5 cm³/mol. The predicted octanol–water partition coefficient (Wildman–Crippen LogP) is -0.168. The fourth-order valence-corrected chi connectivity index (χ4v) is 2.51. The molecular formula is C10H18N4O3S2. The molecule has 7 nitrogen and oxygen atoms in total. The van der Waals surface area contributed by atoms with Gasteiger partial charge in [0.2, 0.25) is 10.0 Å². The Hall–Kier alpha value is -1.03. The topological polar surface area (TPSA) is 114 Å². The average Bonchev–Trinajstić information content (AvgIpc) is 2.76. The second kappa shape index (κ2) is 6.94. The van der Waals surface area contributed by atoms with E-state index in [2.05, 4.69) is 15.0 Å². The molecule has 0 radical (unpaired) electrons. The number of nitrogens with one attached hydrogen (secondary N) is 2. The molecule has 4 N–H and O–H groups in total. The van der Waals surface area contributed by atoms with E-state index in [0.29, 0.717) is 30.2 Å². The molecule has 1 aromatic rings. The second-order valence-electron chi connectivity index (χ2n) is 4.14. The standard InChI is InChI=1S/C10H18N4O3S2/c1-7(11)10-14-8(6-18-10)9(15)12-4-3-5-13-19(2,16)17/h6-7,13H,3-5,11H2,1-2H3,(H,12,15). The molecule has 9 heteroatoms. The molecule has 1 amide bonds. The van der Waals surface area contributed by atoms with Crippen LogP contribution in [0.4, 0.5) is 0 Å². The van der Waals surface area contributed by atoms with Crippen molar-refractivity contribution < 1.29 is 13.2 Å². The zero-order chi connectivity index (χ0) is 14.5. The quantitative estimate of drug-likeness (QED) is 0.605. The van der Waals surface area contributed by atoms with Gasteiger partial charge in [-0.15, -0.1) is 11.3 Å². The number of sulfonamides is 1. The van der Waals surface area contributed by atoms with Gasteiger partial charge in [0.1, 0.15) is 10.7 Å². The van der Waals surface area contributed by atoms with Crippen LogP contribution in [0.1, 0.15) is 34.9 Å². The Bertz CT molecular complexity index is 525. The van der Waals surface area contributed by atoms with Crippen molar-refractivity contribution in [2.24, 2.45) is 5.73 Å². The molecule has 0 aliphatic carbocycles. The van der Waals surface area contributed by atoms with Crippen LogP contribution < -0.4 is 15.8 Å². The van der Waals surface area contributed by atoms with Gasteiger partial charge in [-0.2, -0.15) is 0 Å². The van der Waals surface area contributed by atoms with Crippen LogP contribution in [0, 0.1) is 0 Å². The third-order valence-electron chi connectivity index (χ3n) is 2.15. The van der Waals surface area contributed by atoms with Crippen LogP contribution in [0.3, 0.4) is 0 Å². The summed E-state index contributed by atoms with van der Waals surface area (Å²) in [6.07, 6.45) is 1.61. The number of rotatable bonds is 7. The van der Waals surface area contributed by atoms with Gasteiger partial charge in [-0.1, -0.05) is 0 Å². The molecule has 0 saturated carbocycles. The number of nitrogens with two attached hydrogens (primary N) is 1. The molecule has 1 aromatic heterocycles. The highest BCUT2D eigenvalue weighted by atomic mass is 32.2. The first-order valence-corrected chi connectivity index (χ1v) is 8.50. The summed E-state index contributed by atoms with van der Waals surface area (Å²) in [6, 6.07) is -0.189. The zero-order valence-electron chi connectivity index (χ0n) is 10.8. The van der Waals surface area contributed by atoms with Gasteiger partial charge in [0.05, 0.1) is 12.3 Å². The first-order valence-electron chi connectivity index (χ1n) is 5.73. The van der Waals surface area contributed by atoms with Gasteiger partial charge in [-0.05, 0) is 13.3 Å². The van der Waals surface area contributed by atoms with Gasteiger partial charge in [-0.25, -0.2) is 18.1 Å². The fraction of sp³-hybridized carbons (Fsp3) is 0.600. The SMILES string of the molecule is CC(N)c1nc(C(=O)NCCCNS(C)(=O)=O)cs1. The molecule has 0 spiro atoms. The Labute approximate surface area is 116 Å². The molecule has 0 aliphatic rings. The normalized spacial score (nSPS) is 13.2. The first kappa shape index (κ1) is 16.0. The Kier molecular flexibility index (Phi) is 5.85. The highest BCUT2D eigenvalue weighted by molar-refractivity contribution is 7.88. The van der Waals surface area contributed by atoms with Crippen molar-refractivity contribution in [2.75, 3.05) is 19.3 Å². The molecule has 0 saturated heterocycles. The fourth-order valence-electron chi connectivity index (χ4n) is 1.24. The van der Waals surface area contributed by atoms with Crippen LogP contribution in [0.15, 0.2) is 5.38 Å². The summed E-state index contributed by atoms with van der Waals surface area (Å²) in [4.78, 5) is 15.8. The number of aromatic nitrogens is 1. The van der Waals surface area contributed by atoms with Crippen molar-refractivity contribution >= 4 is 27.3 Å². The van der Waals surface area contributed by atoms with E-state index < -0.39 is 10.0 Å². The summed E-state index contributed by atoms with van der Waals surface area (Å²) in [7, 11) is -3.17. The maximum absolute atomic E-state index is 11.7. The van der Waals surface area contributed by atoms with Crippen molar-refractivity contribution in [3.05, 3.63) is 16.1 Å². The molecule has 1 atom stereocenters. The van der Waals surface area contributed by atoms with E-state index in [-0.39, 0.29) is 11.9 Å². The maximum Gasteiger partial charge on any atom is 0.270 e. The van der Waals surface area contributed by atoms with Crippen LogP contribution in [-0.4, -0.2) is 38.7 Å². The van der Waals surface area contributed by atoms with Crippen molar-refractivity contribution in [3.63, 3.8) is 0 Å². The average molecular weight is 306 g/mol. The van der Waals surface area contributed by atoms with Crippen molar-refractivity contribution in [1.82, 2.24) is 15.0 Å². The van der Waals surface area contributed by atoms with E-state index in [1.54, 1.807) is 12.3 Å². The van der Waals surface area contributed by atoms with E-state index in [9.17, 15) is 13.2 Å². The van der Waals surface area contributed by atoms with Crippen LogP contribution in [0.5, 0.6) is 0 Å². The minimum absolute atomic E-state index is 0.189. The molecule has 0 fully saturated rings. The number of amides is 1. The van der Waals surface area contributed by atoms with E-state index in [1.807, 2.05) is 0 Å². The van der Waals surface area contributed by atoms with Gasteiger partial charge in [-0.3, -0.25) is 4.79 Å². The van der Waals surface area contributed by atoms with Crippen molar-refractivity contribution in [1.29, 1.82) is 0 Å². The minimum Gasteiger partial charge on any atom is -0.351 e. The van der Waals surface area contributed by atoms with Gasteiger partial charge in [0.25, 0.3) is 5.91 Å². The lowest BCUT2D eigenvalue weighted by Crippen LogP contribution is -2.29. The lowest BCUT2D eigenvalue weighted by atomic mass is 10.3.